The average molecular weight is 399 g/mol. The summed E-state index contributed by atoms with van der Waals surface area (Å²) in [6.07, 6.45) is -1.44. The smallest absolute Gasteiger partial charge is 0.351 e. The molecule has 2 aromatic carbocycles. The highest BCUT2D eigenvalue weighted by atomic mass is 16.6. The van der Waals surface area contributed by atoms with Gasteiger partial charge in [-0.3, -0.25) is 0 Å². The van der Waals surface area contributed by atoms with E-state index in [0.29, 0.717) is 24.7 Å². The number of ether oxygens (including phenoxy) is 4. The molecule has 2 unspecified atom stereocenters. The Morgan fingerprint density at radius 2 is 1.55 bits per heavy atom. The minimum atomic E-state index is -0.872. The van der Waals surface area contributed by atoms with Crippen molar-refractivity contribution >= 4 is 5.97 Å². The number of likely N-dealkylation sites (N-methyl/N-ethyl adjacent to an activating group) is 1. The Hall–Kier alpha value is -2.57. The number of esters is 1. The standard InChI is InChI=1S/C23H29NO5/c1-3-24(4-2)14-15-26-16-17-27-23(25)22-21(18-10-6-5-7-11-18)28-19-12-8-9-13-20(19)29-22/h5-13,21-22H,3-4,14-17H2,1-2H3. The van der Waals surface area contributed by atoms with Gasteiger partial charge in [0.25, 0.3) is 0 Å². The molecule has 0 N–H and O–H groups in total. The number of rotatable bonds is 10. The molecule has 0 fully saturated rings. The molecule has 1 heterocycles. The lowest BCUT2D eigenvalue weighted by molar-refractivity contribution is -0.160. The van der Waals surface area contributed by atoms with Crippen LogP contribution >= 0.6 is 0 Å². The SMILES string of the molecule is CCN(CC)CCOCCOC(=O)C1Oc2ccccc2OC1c1ccccc1. The summed E-state index contributed by atoms with van der Waals surface area (Å²) in [7, 11) is 0. The minimum absolute atomic E-state index is 0.181. The van der Waals surface area contributed by atoms with E-state index in [1.165, 1.54) is 0 Å². The van der Waals surface area contributed by atoms with Crippen LogP contribution in [0.4, 0.5) is 0 Å². The second kappa shape index (κ2) is 10.8. The van der Waals surface area contributed by atoms with Gasteiger partial charge in [0, 0.05) is 6.54 Å². The van der Waals surface area contributed by atoms with Crippen LogP contribution in [0.25, 0.3) is 0 Å². The molecule has 29 heavy (non-hydrogen) atoms. The molecule has 0 aliphatic carbocycles. The molecule has 2 aromatic rings. The summed E-state index contributed by atoms with van der Waals surface area (Å²) in [6, 6.07) is 16.9. The highest BCUT2D eigenvalue weighted by Gasteiger charge is 2.39. The lowest BCUT2D eigenvalue weighted by Crippen LogP contribution is -2.41. The maximum absolute atomic E-state index is 12.7. The Bertz CT molecular complexity index is 763. The molecule has 6 nitrogen and oxygen atoms in total. The fourth-order valence-corrected chi connectivity index (χ4v) is 3.22. The van der Waals surface area contributed by atoms with Crippen LogP contribution in [-0.2, 0) is 14.3 Å². The number of nitrogens with zero attached hydrogens (tertiary/aromatic N) is 1. The number of carbonyl (C=O) groups excluding carboxylic acids is 1. The fraction of sp³-hybridized carbons (Fsp3) is 0.435. The third kappa shape index (κ3) is 5.71. The molecule has 0 amide bonds. The second-order valence-corrected chi connectivity index (χ2v) is 6.74. The van der Waals surface area contributed by atoms with Crippen LogP contribution in [0, 0.1) is 0 Å². The van der Waals surface area contributed by atoms with Gasteiger partial charge in [-0.05, 0) is 30.8 Å². The molecule has 156 valence electrons. The summed E-state index contributed by atoms with van der Waals surface area (Å²) in [4.78, 5) is 15.0. The van der Waals surface area contributed by atoms with E-state index >= 15 is 0 Å². The van der Waals surface area contributed by atoms with E-state index in [2.05, 4.69) is 18.7 Å². The highest BCUT2D eigenvalue weighted by Crippen LogP contribution is 2.39. The quantitative estimate of drug-likeness (QED) is 0.450. The summed E-state index contributed by atoms with van der Waals surface area (Å²) >= 11 is 0. The lowest BCUT2D eigenvalue weighted by Gasteiger charge is -2.32. The Kier molecular flexibility index (Phi) is 7.90. The van der Waals surface area contributed by atoms with Gasteiger partial charge < -0.3 is 23.8 Å². The zero-order valence-electron chi connectivity index (χ0n) is 17.1. The first-order chi connectivity index (χ1) is 14.2. The summed E-state index contributed by atoms with van der Waals surface area (Å²) in [5, 5.41) is 0. The molecule has 0 saturated carbocycles. The summed E-state index contributed by atoms with van der Waals surface area (Å²) in [5.41, 5.74) is 0.861. The first-order valence-electron chi connectivity index (χ1n) is 10.2. The number of hydrogen-bond acceptors (Lipinski definition) is 6. The monoisotopic (exact) mass is 399 g/mol. The van der Waals surface area contributed by atoms with Crippen LogP contribution in [-0.4, -0.2) is 56.4 Å². The van der Waals surface area contributed by atoms with E-state index in [9.17, 15) is 4.79 Å². The van der Waals surface area contributed by atoms with E-state index < -0.39 is 18.2 Å². The zero-order chi connectivity index (χ0) is 20.5. The molecule has 1 aliphatic heterocycles. The molecule has 6 heteroatoms. The summed E-state index contributed by atoms with van der Waals surface area (Å²) < 4.78 is 23.0. The van der Waals surface area contributed by atoms with Crippen molar-refractivity contribution in [3.8, 4) is 11.5 Å². The molecular formula is C23H29NO5. The largest absolute Gasteiger partial charge is 0.477 e. The topological polar surface area (TPSA) is 57.2 Å². The van der Waals surface area contributed by atoms with Crippen molar-refractivity contribution in [3.05, 3.63) is 60.2 Å². The minimum Gasteiger partial charge on any atom is -0.477 e. The number of fused-ring (bicyclic) bond motifs is 1. The van der Waals surface area contributed by atoms with Crippen LogP contribution in [0.3, 0.4) is 0 Å². The van der Waals surface area contributed by atoms with Gasteiger partial charge in [0.1, 0.15) is 6.61 Å². The molecule has 0 spiro atoms. The molecule has 3 rings (SSSR count). The maximum atomic E-state index is 12.7. The predicted molar refractivity (Wildman–Crippen MR) is 110 cm³/mol. The van der Waals surface area contributed by atoms with Gasteiger partial charge >= 0.3 is 5.97 Å². The lowest BCUT2D eigenvalue weighted by atomic mass is 10.0. The van der Waals surface area contributed by atoms with Crippen molar-refractivity contribution in [2.24, 2.45) is 0 Å². The molecule has 1 aliphatic rings. The number of para-hydroxylation sites is 2. The van der Waals surface area contributed by atoms with Crippen molar-refractivity contribution in [1.29, 1.82) is 0 Å². The second-order valence-electron chi connectivity index (χ2n) is 6.74. The maximum Gasteiger partial charge on any atom is 0.351 e. The third-order valence-electron chi connectivity index (χ3n) is 4.91. The first-order valence-corrected chi connectivity index (χ1v) is 10.2. The molecular weight excluding hydrogens is 370 g/mol. The normalized spacial score (nSPS) is 17.9. The van der Waals surface area contributed by atoms with E-state index in [-0.39, 0.29) is 6.61 Å². The van der Waals surface area contributed by atoms with Gasteiger partial charge in [0.15, 0.2) is 17.6 Å². The van der Waals surface area contributed by atoms with Crippen molar-refractivity contribution < 1.29 is 23.7 Å². The van der Waals surface area contributed by atoms with Crippen LogP contribution in [0.1, 0.15) is 25.5 Å². The molecule has 0 saturated heterocycles. The van der Waals surface area contributed by atoms with Gasteiger partial charge in [0.2, 0.25) is 6.10 Å². The van der Waals surface area contributed by atoms with Gasteiger partial charge in [-0.1, -0.05) is 56.3 Å². The van der Waals surface area contributed by atoms with Crippen LogP contribution < -0.4 is 9.47 Å². The Labute approximate surface area is 172 Å². The first kappa shape index (κ1) is 21.1. The van der Waals surface area contributed by atoms with E-state index in [0.717, 1.165) is 25.2 Å². The van der Waals surface area contributed by atoms with Gasteiger partial charge in [0.05, 0.1) is 13.2 Å². The fourth-order valence-electron chi connectivity index (χ4n) is 3.22. The molecule has 2 atom stereocenters. The highest BCUT2D eigenvalue weighted by molar-refractivity contribution is 5.77. The Morgan fingerprint density at radius 3 is 2.24 bits per heavy atom. The average Bonchev–Trinajstić information content (AvgIpc) is 2.78. The number of hydrogen-bond donors (Lipinski definition) is 0. The number of benzene rings is 2. The van der Waals surface area contributed by atoms with E-state index in [1.54, 1.807) is 6.07 Å². The number of carbonyl (C=O) groups is 1. The van der Waals surface area contributed by atoms with Gasteiger partial charge in [-0.25, -0.2) is 4.79 Å². The van der Waals surface area contributed by atoms with E-state index in [4.69, 9.17) is 18.9 Å². The molecule has 0 bridgehead atoms. The summed E-state index contributed by atoms with van der Waals surface area (Å²) in [5.74, 6) is 0.697. The van der Waals surface area contributed by atoms with Crippen molar-refractivity contribution in [2.75, 3.05) is 39.5 Å². The molecule has 0 radical (unpaired) electrons. The predicted octanol–water partition coefficient (Wildman–Crippen LogP) is 3.47. The van der Waals surface area contributed by atoms with E-state index in [1.807, 2.05) is 48.5 Å². The van der Waals surface area contributed by atoms with Crippen LogP contribution in [0.5, 0.6) is 11.5 Å². The molecule has 0 aromatic heterocycles. The zero-order valence-corrected chi connectivity index (χ0v) is 17.1. The van der Waals surface area contributed by atoms with Crippen molar-refractivity contribution in [2.45, 2.75) is 26.1 Å². The Morgan fingerprint density at radius 1 is 0.897 bits per heavy atom. The van der Waals surface area contributed by atoms with Gasteiger partial charge in [-0.15, -0.1) is 0 Å². The van der Waals surface area contributed by atoms with Crippen molar-refractivity contribution in [1.82, 2.24) is 4.90 Å². The van der Waals surface area contributed by atoms with Crippen LogP contribution in [0.2, 0.25) is 0 Å². The van der Waals surface area contributed by atoms with Crippen LogP contribution in [0.15, 0.2) is 54.6 Å². The third-order valence-corrected chi connectivity index (χ3v) is 4.91. The summed E-state index contributed by atoms with van der Waals surface area (Å²) in [6.45, 7) is 8.26. The Balaban J connectivity index is 1.56. The van der Waals surface area contributed by atoms with Gasteiger partial charge in [-0.2, -0.15) is 0 Å². The van der Waals surface area contributed by atoms with Crippen molar-refractivity contribution in [3.63, 3.8) is 0 Å².